The molecule has 4 heterocycles. The number of hydrogen-bond donors (Lipinski definition) is 4. The number of amidine groups is 2. The maximum absolute atomic E-state index is 13.7. The molecule has 0 saturated carbocycles. The van der Waals surface area contributed by atoms with Crippen LogP contribution >= 0.6 is 0 Å². The fourth-order valence-corrected chi connectivity index (χ4v) is 7.90. The SMILES string of the molecule is COC(=O)N[C@H](C(=O)N1CCC[C@H]1C1=NCC(c2ccc3c(c2)C(C)(C)c2ccc(C4CN=C(CCCCNC(=O)C[C@H](C)OC)N4)cc2O3)N1)[C@H](C)OC. The third-order valence-corrected chi connectivity index (χ3v) is 11.4. The van der Waals surface area contributed by atoms with E-state index in [9.17, 15) is 14.4 Å². The quantitative estimate of drug-likeness (QED) is 0.189. The van der Waals surface area contributed by atoms with Crippen molar-refractivity contribution < 1.29 is 33.3 Å². The number of aliphatic imine (C=N–C) groups is 2. The molecule has 4 N–H and O–H groups in total. The molecule has 0 bridgehead atoms. The Kier molecular flexibility index (Phi) is 12.7. The molecule has 14 heteroatoms. The van der Waals surface area contributed by atoms with Gasteiger partial charge >= 0.3 is 6.09 Å². The summed E-state index contributed by atoms with van der Waals surface area (Å²) in [6, 6.07) is 11.8. The van der Waals surface area contributed by atoms with Gasteiger partial charge in [0.2, 0.25) is 11.8 Å². The summed E-state index contributed by atoms with van der Waals surface area (Å²) >= 11 is 0. The Labute approximate surface area is 324 Å². The first-order chi connectivity index (χ1) is 26.4. The third-order valence-electron chi connectivity index (χ3n) is 11.4. The van der Waals surface area contributed by atoms with Crippen LogP contribution in [-0.2, 0) is 29.2 Å². The number of carbonyl (C=O) groups excluding carboxylic acids is 3. The van der Waals surface area contributed by atoms with Crippen molar-refractivity contribution in [3.05, 3.63) is 58.7 Å². The first-order valence-corrected chi connectivity index (χ1v) is 19.5. The Bertz CT molecular complexity index is 1800. The lowest BCUT2D eigenvalue weighted by molar-refractivity contribution is -0.136. The van der Waals surface area contributed by atoms with Crippen LogP contribution in [0.2, 0.25) is 0 Å². The maximum atomic E-state index is 13.7. The molecule has 14 nitrogen and oxygen atoms in total. The van der Waals surface area contributed by atoms with Gasteiger partial charge in [0.15, 0.2) is 0 Å². The molecule has 4 aliphatic heterocycles. The molecule has 0 aromatic heterocycles. The third kappa shape index (κ3) is 8.91. The number of hydrogen-bond acceptors (Lipinski definition) is 11. The molecule has 1 saturated heterocycles. The van der Waals surface area contributed by atoms with Crippen molar-refractivity contribution in [2.75, 3.05) is 47.5 Å². The van der Waals surface area contributed by atoms with Crippen LogP contribution in [-0.4, -0.2) is 106 Å². The van der Waals surface area contributed by atoms with Crippen LogP contribution in [0.4, 0.5) is 4.79 Å². The summed E-state index contributed by atoms with van der Waals surface area (Å²) < 4.78 is 21.9. The largest absolute Gasteiger partial charge is 0.457 e. The monoisotopic (exact) mass is 759 g/mol. The standard InChI is InChI=1S/C41H57N7O7/c1-24(52-5)19-36(49)42-17-9-8-12-35-43-22-30(45-35)27-13-15-28-34(21-27)55-33-16-14-26(20-29(33)41(28,3)4)31-23-44-38(46-31)32-11-10-18-48(32)39(50)37(25(2)53-6)47-40(51)54-7/h13-16,20-21,24-25,30-32,37H,8-12,17-19,22-23H2,1-7H3,(H,42,49)(H,43,45)(H,44,46)(H,47,51)/t24-,25-,30?,31?,32-,37-/m0/s1. The van der Waals surface area contributed by atoms with E-state index in [1.54, 1.807) is 18.9 Å². The summed E-state index contributed by atoms with van der Waals surface area (Å²) in [5.74, 6) is 3.28. The molecule has 1 fully saturated rings. The summed E-state index contributed by atoms with van der Waals surface area (Å²) in [7, 11) is 4.40. The second-order valence-corrected chi connectivity index (χ2v) is 15.4. The van der Waals surface area contributed by atoms with Crippen molar-refractivity contribution in [3.63, 3.8) is 0 Å². The minimum atomic E-state index is -0.878. The van der Waals surface area contributed by atoms with Crippen molar-refractivity contribution in [2.24, 2.45) is 9.98 Å². The Morgan fingerprint density at radius 2 is 1.69 bits per heavy atom. The molecule has 55 heavy (non-hydrogen) atoms. The molecular weight excluding hydrogens is 702 g/mol. The van der Waals surface area contributed by atoms with Gasteiger partial charge in [0.1, 0.15) is 23.4 Å². The molecule has 0 radical (unpaired) electrons. The Balaban J connectivity index is 1.05. The smallest absolute Gasteiger partial charge is 0.407 e. The van der Waals surface area contributed by atoms with Crippen molar-refractivity contribution in [1.82, 2.24) is 26.2 Å². The van der Waals surface area contributed by atoms with Crippen LogP contribution in [0.15, 0.2) is 46.4 Å². The molecule has 2 aromatic carbocycles. The summed E-state index contributed by atoms with van der Waals surface area (Å²) in [5, 5.41) is 12.9. The number of ether oxygens (including phenoxy) is 4. The number of alkyl carbamates (subject to hydrolysis) is 1. The lowest BCUT2D eigenvalue weighted by atomic mass is 9.74. The van der Waals surface area contributed by atoms with Gasteiger partial charge in [-0.2, -0.15) is 0 Å². The minimum Gasteiger partial charge on any atom is -0.457 e. The molecule has 298 valence electrons. The molecule has 6 atom stereocenters. The normalized spacial score (nSPS) is 22.5. The van der Waals surface area contributed by atoms with Gasteiger partial charge in [-0.3, -0.25) is 19.6 Å². The predicted molar refractivity (Wildman–Crippen MR) is 210 cm³/mol. The number of amides is 3. The highest BCUT2D eigenvalue weighted by molar-refractivity contribution is 5.95. The van der Waals surface area contributed by atoms with Crippen LogP contribution in [0.25, 0.3) is 0 Å². The first-order valence-electron chi connectivity index (χ1n) is 19.5. The predicted octanol–water partition coefficient (Wildman–Crippen LogP) is 4.67. The first kappa shape index (κ1) is 40.0. The number of nitrogens with one attached hydrogen (secondary N) is 4. The number of methoxy groups -OCH3 is 3. The summed E-state index contributed by atoms with van der Waals surface area (Å²) in [6.07, 6.45) is 3.35. The number of rotatable bonds is 15. The van der Waals surface area contributed by atoms with E-state index < -0.39 is 18.2 Å². The van der Waals surface area contributed by atoms with Crippen LogP contribution < -0.4 is 26.0 Å². The van der Waals surface area contributed by atoms with E-state index in [1.165, 1.54) is 14.2 Å². The van der Waals surface area contributed by atoms with E-state index in [0.29, 0.717) is 32.6 Å². The number of fused-ring (bicyclic) bond motifs is 2. The van der Waals surface area contributed by atoms with E-state index in [4.69, 9.17) is 28.9 Å². The highest BCUT2D eigenvalue weighted by Crippen LogP contribution is 2.49. The van der Waals surface area contributed by atoms with Gasteiger partial charge in [-0.05, 0) is 68.9 Å². The zero-order valence-electron chi connectivity index (χ0n) is 33.2. The average Bonchev–Trinajstić information content (AvgIpc) is 3.98. The van der Waals surface area contributed by atoms with E-state index in [1.807, 2.05) is 6.92 Å². The highest BCUT2D eigenvalue weighted by atomic mass is 16.5. The van der Waals surface area contributed by atoms with Crippen molar-refractivity contribution >= 4 is 29.6 Å². The van der Waals surface area contributed by atoms with Crippen LogP contribution in [0, 0.1) is 0 Å². The molecular formula is C41H57N7O7. The molecule has 4 aliphatic rings. The Hall–Kier alpha value is -4.69. The van der Waals surface area contributed by atoms with Crippen molar-refractivity contribution in [3.8, 4) is 11.5 Å². The number of benzene rings is 2. The van der Waals surface area contributed by atoms with Crippen LogP contribution in [0.5, 0.6) is 11.5 Å². The van der Waals surface area contributed by atoms with Gasteiger partial charge in [0.25, 0.3) is 0 Å². The number of likely N-dealkylation sites (tertiary alicyclic amines) is 1. The van der Waals surface area contributed by atoms with Crippen molar-refractivity contribution in [1.29, 1.82) is 0 Å². The topological polar surface area (TPSA) is 164 Å². The molecule has 2 unspecified atom stereocenters. The van der Waals surface area contributed by atoms with Gasteiger partial charge in [-0.25, -0.2) is 4.79 Å². The molecule has 2 aromatic rings. The second kappa shape index (κ2) is 17.4. The number of carbonyl (C=O) groups is 3. The van der Waals surface area contributed by atoms with Gasteiger partial charge in [0, 0.05) is 50.3 Å². The van der Waals surface area contributed by atoms with Gasteiger partial charge in [-0.15, -0.1) is 0 Å². The summed E-state index contributed by atoms with van der Waals surface area (Å²) in [4.78, 5) is 49.2. The zero-order chi connectivity index (χ0) is 39.3. The number of nitrogens with zero attached hydrogens (tertiary/aromatic N) is 3. The molecule has 3 amide bonds. The van der Waals surface area contributed by atoms with Crippen LogP contribution in [0.1, 0.15) is 101 Å². The van der Waals surface area contributed by atoms with Crippen molar-refractivity contribution in [2.45, 2.75) is 108 Å². The molecule has 0 spiro atoms. The molecule has 0 aliphatic carbocycles. The maximum Gasteiger partial charge on any atom is 0.407 e. The van der Waals surface area contributed by atoms with Gasteiger partial charge in [-0.1, -0.05) is 32.0 Å². The van der Waals surface area contributed by atoms with Crippen LogP contribution in [0.3, 0.4) is 0 Å². The van der Waals surface area contributed by atoms with E-state index >= 15 is 0 Å². The summed E-state index contributed by atoms with van der Waals surface area (Å²) in [6.45, 7) is 10.5. The number of unbranched alkanes of at least 4 members (excludes halogenated alkanes) is 1. The lowest BCUT2D eigenvalue weighted by Gasteiger charge is -2.35. The summed E-state index contributed by atoms with van der Waals surface area (Å²) in [5.41, 5.74) is 4.16. The highest BCUT2D eigenvalue weighted by Gasteiger charge is 2.41. The Morgan fingerprint density at radius 3 is 2.45 bits per heavy atom. The van der Waals surface area contributed by atoms with E-state index in [-0.39, 0.29) is 41.5 Å². The van der Waals surface area contributed by atoms with Gasteiger partial charge < -0.3 is 45.1 Å². The lowest BCUT2D eigenvalue weighted by Crippen LogP contribution is -2.57. The minimum absolute atomic E-state index is 0.0174. The van der Waals surface area contributed by atoms with E-state index in [2.05, 4.69) is 71.5 Å². The Morgan fingerprint density at radius 1 is 0.945 bits per heavy atom. The fourth-order valence-electron chi connectivity index (χ4n) is 7.90. The zero-order valence-corrected chi connectivity index (χ0v) is 33.2. The fraction of sp³-hybridized carbons (Fsp3) is 0.585. The average molecular weight is 760 g/mol. The van der Waals surface area contributed by atoms with E-state index in [0.717, 1.165) is 77.5 Å². The van der Waals surface area contributed by atoms with Gasteiger partial charge in [0.05, 0.1) is 62.8 Å². The molecule has 6 rings (SSSR count). The second-order valence-electron chi connectivity index (χ2n) is 15.4.